The summed E-state index contributed by atoms with van der Waals surface area (Å²) in [5.74, 6) is -0.194. The van der Waals surface area contributed by atoms with Gasteiger partial charge < -0.3 is 5.32 Å². The fourth-order valence-corrected chi connectivity index (χ4v) is 2.54. The Morgan fingerprint density at radius 3 is 2.71 bits per heavy atom. The van der Waals surface area contributed by atoms with Gasteiger partial charge in [0.1, 0.15) is 5.82 Å². The van der Waals surface area contributed by atoms with Crippen molar-refractivity contribution in [1.82, 2.24) is 4.98 Å². The first-order chi connectivity index (χ1) is 10.2. The van der Waals surface area contributed by atoms with Gasteiger partial charge in [-0.1, -0.05) is 24.3 Å². The molecule has 1 N–H and O–H groups in total. The Balaban J connectivity index is 1.77. The third-order valence-corrected chi connectivity index (χ3v) is 3.54. The number of pyridine rings is 1. The zero-order valence-electron chi connectivity index (χ0n) is 11.9. The molecular weight excluding hydrogens is 263 g/mol. The lowest BCUT2D eigenvalue weighted by molar-refractivity contribution is 0.626. The maximum Gasteiger partial charge on any atom is 0.123 e. The van der Waals surface area contributed by atoms with Crippen LogP contribution in [0, 0.1) is 5.82 Å². The second kappa shape index (κ2) is 5.92. The minimum atomic E-state index is -0.194. The Bertz CT molecular complexity index is 732. The molecule has 106 valence electrons. The second-order valence-electron chi connectivity index (χ2n) is 5.28. The molecule has 0 radical (unpaired) electrons. The first kappa shape index (κ1) is 13.6. The summed E-state index contributed by atoms with van der Waals surface area (Å²) in [6, 6.07) is 15.1. The van der Waals surface area contributed by atoms with Gasteiger partial charge in [-0.05, 0) is 43.2 Å². The summed E-state index contributed by atoms with van der Waals surface area (Å²) in [5.41, 5.74) is 2.22. The Hall–Kier alpha value is -2.42. The van der Waals surface area contributed by atoms with E-state index < -0.39 is 0 Å². The van der Waals surface area contributed by atoms with Crippen LogP contribution in [0.25, 0.3) is 10.8 Å². The van der Waals surface area contributed by atoms with Gasteiger partial charge in [0.2, 0.25) is 0 Å². The Kier molecular flexibility index (Phi) is 3.82. The number of halogens is 1. The lowest BCUT2D eigenvalue weighted by Gasteiger charge is -2.17. The predicted molar refractivity (Wildman–Crippen MR) is 84.9 cm³/mol. The van der Waals surface area contributed by atoms with E-state index in [4.69, 9.17) is 0 Å². The normalized spacial score (nSPS) is 12.3. The third kappa shape index (κ3) is 3.19. The SMILES string of the molecule is CC(Cc1ccc(F)cc1)Nc1cccc2cnccc12. The standard InChI is InChI=1S/C18H17FN2/c1-13(11-14-5-7-16(19)8-6-14)21-18-4-2-3-15-12-20-10-9-17(15)18/h2-10,12-13,21H,11H2,1H3. The molecule has 1 atom stereocenters. The first-order valence-corrected chi connectivity index (χ1v) is 7.06. The highest BCUT2D eigenvalue weighted by atomic mass is 19.1. The van der Waals surface area contributed by atoms with Gasteiger partial charge in [0.25, 0.3) is 0 Å². The average molecular weight is 280 g/mol. The van der Waals surface area contributed by atoms with E-state index in [1.807, 2.05) is 30.5 Å². The number of aromatic nitrogens is 1. The van der Waals surface area contributed by atoms with Gasteiger partial charge in [0, 0.05) is 34.9 Å². The summed E-state index contributed by atoms with van der Waals surface area (Å²) in [6.07, 6.45) is 4.52. The number of hydrogen-bond acceptors (Lipinski definition) is 2. The fraction of sp³-hybridized carbons (Fsp3) is 0.167. The van der Waals surface area contributed by atoms with E-state index >= 15 is 0 Å². The predicted octanol–water partition coefficient (Wildman–Crippen LogP) is 4.42. The number of nitrogens with one attached hydrogen (secondary N) is 1. The van der Waals surface area contributed by atoms with Crippen molar-refractivity contribution in [2.45, 2.75) is 19.4 Å². The summed E-state index contributed by atoms with van der Waals surface area (Å²) in [7, 11) is 0. The molecule has 0 saturated heterocycles. The van der Waals surface area contributed by atoms with Crippen molar-refractivity contribution in [3.8, 4) is 0 Å². The van der Waals surface area contributed by atoms with Crippen LogP contribution in [-0.2, 0) is 6.42 Å². The van der Waals surface area contributed by atoms with E-state index in [1.54, 1.807) is 6.20 Å². The molecule has 21 heavy (non-hydrogen) atoms. The van der Waals surface area contributed by atoms with Crippen LogP contribution in [0.2, 0.25) is 0 Å². The molecule has 0 aliphatic heterocycles. The molecule has 1 aromatic heterocycles. The molecule has 0 amide bonds. The van der Waals surface area contributed by atoms with E-state index in [-0.39, 0.29) is 11.9 Å². The highest BCUT2D eigenvalue weighted by Gasteiger charge is 2.06. The quantitative estimate of drug-likeness (QED) is 0.765. The lowest BCUT2D eigenvalue weighted by Crippen LogP contribution is -2.18. The molecule has 1 heterocycles. The van der Waals surface area contributed by atoms with Gasteiger partial charge in [-0.15, -0.1) is 0 Å². The first-order valence-electron chi connectivity index (χ1n) is 7.06. The van der Waals surface area contributed by atoms with Crippen molar-refractivity contribution in [3.05, 3.63) is 72.3 Å². The minimum Gasteiger partial charge on any atom is -0.382 e. The van der Waals surface area contributed by atoms with E-state index in [9.17, 15) is 4.39 Å². The largest absolute Gasteiger partial charge is 0.382 e. The number of benzene rings is 2. The Morgan fingerprint density at radius 2 is 1.90 bits per heavy atom. The maximum absolute atomic E-state index is 12.9. The van der Waals surface area contributed by atoms with E-state index in [1.165, 1.54) is 17.5 Å². The van der Waals surface area contributed by atoms with Crippen LogP contribution in [-0.4, -0.2) is 11.0 Å². The molecule has 1 unspecified atom stereocenters. The van der Waals surface area contributed by atoms with E-state index in [0.29, 0.717) is 0 Å². The zero-order chi connectivity index (χ0) is 14.7. The molecule has 3 aromatic rings. The molecule has 3 heteroatoms. The van der Waals surface area contributed by atoms with Crippen LogP contribution in [0.5, 0.6) is 0 Å². The number of anilines is 1. The maximum atomic E-state index is 12.9. The summed E-state index contributed by atoms with van der Waals surface area (Å²) in [6.45, 7) is 2.13. The van der Waals surface area contributed by atoms with Gasteiger partial charge in [0.15, 0.2) is 0 Å². The van der Waals surface area contributed by atoms with E-state index in [2.05, 4.69) is 29.4 Å². The molecule has 2 nitrogen and oxygen atoms in total. The van der Waals surface area contributed by atoms with Crippen molar-refractivity contribution >= 4 is 16.5 Å². The van der Waals surface area contributed by atoms with Gasteiger partial charge in [-0.3, -0.25) is 4.98 Å². The Labute approximate surface area is 123 Å². The number of nitrogens with zero attached hydrogens (tertiary/aromatic N) is 1. The number of fused-ring (bicyclic) bond motifs is 1. The third-order valence-electron chi connectivity index (χ3n) is 3.54. The topological polar surface area (TPSA) is 24.9 Å². The van der Waals surface area contributed by atoms with Crippen LogP contribution in [0.15, 0.2) is 60.9 Å². The van der Waals surface area contributed by atoms with Crippen LogP contribution in [0.3, 0.4) is 0 Å². The molecule has 3 rings (SSSR count). The summed E-state index contributed by atoms with van der Waals surface area (Å²) >= 11 is 0. The molecule has 0 aliphatic rings. The van der Waals surface area contributed by atoms with Crippen LogP contribution < -0.4 is 5.32 Å². The molecule has 2 aromatic carbocycles. The zero-order valence-corrected chi connectivity index (χ0v) is 11.9. The van der Waals surface area contributed by atoms with Crippen LogP contribution in [0.4, 0.5) is 10.1 Å². The van der Waals surface area contributed by atoms with Crippen molar-refractivity contribution in [2.75, 3.05) is 5.32 Å². The fourth-order valence-electron chi connectivity index (χ4n) is 2.54. The summed E-state index contributed by atoms with van der Waals surface area (Å²) in [5, 5.41) is 5.81. The minimum absolute atomic E-state index is 0.194. The van der Waals surface area contributed by atoms with Crippen molar-refractivity contribution in [1.29, 1.82) is 0 Å². The molecule has 0 bridgehead atoms. The van der Waals surface area contributed by atoms with Crippen molar-refractivity contribution in [2.24, 2.45) is 0 Å². The summed E-state index contributed by atoms with van der Waals surface area (Å²) < 4.78 is 12.9. The van der Waals surface area contributed by atoms with Gasteiger partial charge in [-0.2, -0.15) is 0 Å². The summed E-state index contributed by atoms with van der Waals surface area (Å²) in [4.78, 5) is 4.15. The molecule has 0 aliphatic carbocycles. The monoisotopic (exact) mass is 280 g/mol. The smallest absolute Gasteiger partial charge is 0.123 e. The van der Waals surface area contributed by atoms with Gasteiger partial charge in [-0.25, -0.2) is 4.39 Å². The van der Waals surface area contributed by atoms with Crippen molar-refractivity contribution in [3.63, 3.8) is 0 Å². The van der Waals surface area contributed by atoms with Crippen LogP contribution >= 0.6 is 0 Å². The van der Waals surface area contributed by atoms with E-state index in [0.717, 1.165) is 23.1 Å². The molecule has 0 spiro atoms. The Morgan fingerprint density at radius 1 is 1.10 bits per heavy atom. The average Bonchev–Trinajstić information content (AvgIpc) is 2.50. The van der Waals surface area contributed by atoms with Crippen molar-refractivity contribution < 1.29 is 4.39 Å². The van der Waals surface area contributed by atoms with Gasteiger partial charge in [0.05, 0.1) is 0 Å². The number of hydrogen-bond donors (Lipinski definition) is 1. The second-order valence-corrected chi connectivity index (χ2v) is 5.28. The number of rotatable bonds is 4. The molecule has 0 fully saturated rings. The lowest BCUT2D eigenvalue weighted by atomic mass is 10.1. The highest BCUT2D eigenvalue weighted by Crippen LogP contribution is 2.23. The van der Waals surface area contributed by atoms with Gasteiger partial charge >= 0.3 is 0 Å². The molecule has 0 saturated carbocycles. The molecular formula is C18H17FN2. The van der Waals surface area contributed by atoms with Crippen LogP contribution in [0.1, 0.15) is 12.5 Å². The highest BCUT2D eigenvalue weighted by molar-refractivity contribution is 5.93.